The number of hydrogen-bond donors (Lipinski definition) is 0. The molecule has 1 heterocycles. The van der Waals surface area contributed by atoms with E-state index in [0.717, 1.165) is 0 Å². The van der Waals surface area contributed by atoms with E-state index < -0.39 is 5.92 Å². The van der Waals surface area contributed by atoms with Crippen molar-refractivity contribution >= 4 is 22.6 Å². The van der Waals surface area contributed by atoms with Crippen LogP contribution in [-0.2, 0) is 0 Å². The molecule has 0 radical (unpaired) electrons. The maximum absolute atomic E-state index is 12.7. The Hall–Kier alpha value is 0.550. The van der Waals surface area contributed by atoms with Crippen LogP contribution in [0.25, 0.3) is 0 Å². The summed E-state index contributed by atoms with van der Waals surface area (Å²) in [4.78, 5) is 2.10. The molecule has 0 aromatic carbocycles. The molecule has 0 atom stereocenters. The van der Waals surface area contributed by atoms with Crippen LogP contribution in [0.4, 0.5) is 8.78 Å². The second-order valence-electron chi connectivity index (χ2n) is 3.75. The molecule has 1 aliphatic rings. The molecule has 12 heavy (non-hydrogen) atoms. The summed E-state index contributed by atoms with van der Waals surface area (Å²) < 4.78 is 25.5. The van der Waals surface area contributed by atoms with E-state index >= 15 is 0 Å². The van der Waals surface area contributed by atoms with Gasteiger partial charge in [0.05, 0.1) is 3.55 Å². The largest absolute Gasteiger partial charge is 0.289 e. The number of nitrogens with zero attached hydrogens (tertiary/aromatic N) is 1. The molecular weight excluding hydrogens is 275 g/mol. The Labute approximate surface area is 85.6 Å². The Morgan fingerprint density at radius 1 is 1.25 bits per heavy atom. The van der Waals surface area contributed by atoms with E-state index in [-0.39, 0.29) is 16.4 Å². The van der Waals surface area contributed by atoms with Gasteiger partial charge < -0.3 is 0 Å². The van der Waals surface area contributed by atoms with Gasteiger partial charge in [0.15, 0.2) is 0 Å². The molecule has 0 aromatic rings. The average molecular weight is 289 g/mol. The minimum absolute atomic E-state index is 0.00819. The molecule has 0 unspecified atom stereocenters. The molecule has 0 aromatic heterocycles. The molecule has 0 bridgehead atoms. The van der Waals surface area contributed by atoms with Crippen molar-refractivity contribution in [3.63, 3.8) is 0 Å². The molecule has 0 N–H and O–H groups in total. The van der Waals surface area contributed by atoms with Crippen LogP contribution in [0, 0.1) is 0 Å². The van der Waals surface area contributed by atoms with Crippen LogP contribution in [0.5, 0.6) is 0 Å². The monoisotopic (exact) mass is 289 g/mol. The third kappa shape index (κ3) is 2.80. The van der Waals surface area contributed by atoms with E-state index in [1.54, 1.807) is 0 Å². The van der Waals surface area contributed by atoms with E-state index in [1.165, 1.54) is 0 Å². The van der Waals surface area contributed by atoms with Crippen LogP contribution in [0.2, 0.25) is 0 Å². The fraction of sp³-hybridized carbons (Fsp3) is 1.00. The number of hydrogen-bond acceptors (Lipinski definition) is 1. The zero-order valence-electron chi connectivity index (χ0n) is 7.41. The fourth-order valence-electron chi connectivity index (χ4n) is 1.37. The molecule has 1 fully saturated rings. The van der Waals surface area contributed by atoms with Crippen molar-refractivity contribution in [2.24, 2.45) is 0 Å². The van der Waals surface area contributed by atoms with Gasteiger partial charge in [0.1, 0.15) is 0 Å². The minimum atomic E-state index is -2.42. The normalized spacial score (nSPS) is 25.8. The first-order valence-electron chi connectivity index (χ1n) is 4.13. The van der Waals surface area contributed by atoms with Crippen LogP contribution in [-0.4, -0.2) is 27.5 Å². The van der Waals surface area contributed by atoms with Gasteiger partial charge in [-0.05, 0) is 13.8 Å². The van der Waals surface area contributed by atoms with Gasteiger partial charge in [-0.3, -0.25) is 4.90 Å². The van der Waals surface area contributed by atoms with Crippen molar-refractivity contribution in [2.75, 3.05) is 13.1 Å². The summed E-state index contributed by atoms with van der Waals surface area (Å²) in [6, 6.07) is 0. The first-order valence-corrected chi connectivity index (χ1v) is 5.21. The van der Waals surface area contributed by atoms with Gasteiger partial charge >= 0.3 is 0 Å². The smallest absolute Gasteiger partial charge is 0.250 e. The lowest BCUT2D eigenvalue weighted by atomic mass is 10.1. The molecular formula is C8H14F2IN. The SMILES string of the molecule is CC(C)(I)N1CCC(F)(F)CC1. The molecule has 72 valence electrons. The van der Waals surface area contributed by atoms with Gasteiger partial charge in [-0.15, -0.1) is 0 Å². The van der Waals surface area contributed by atoms with E-state index in [0.29, 0.717) is 13.1 Å². The van der Waals surface area contributed by atoms with Gasteiger partial charge in [0.25, 0.3) is 5.92 Å². The predicted octanol–water partition coefficient (Wildman–Crippen LogP) is 2.89. The lowest BCUT2D eigenvalue weighted by molar-refractivity contribution is -0.0618. The molecule has 1 rings (SSSR count). The molecule has 4 heteroatoms. The quantitative estimate of drug-likeness (QED) is 0.407. The molecule has 0 aliphatic carbocycles. The number of alkyl halides is 3. The summed E-state index contributed by atoms with van der Waals surface area (Å²) in [5.74, 6) is -2.42. The van der Waals surface area contributed by atoms with Gasteiger partial charge in [0.2, 0.25) is 0 Å². The minimum Gasteiger partial charge on any atom is -0.289 e. The summed E-state index contributed by atoms with van der Waals surface area (Å²) in [5.41, 5.74) is 0. The maximum Gasteiger partial charge on any atom is 0.250 e. The second-order valence-corrected chi connectivity index (χ2v) is 6.39. The van der Waals surface area contributed by atoms with Crippen molar-refractivity contribution in [2.45, 2.75) is 36.2 Å². The summed E-state index contributed by atoms with van der Waals surface area (Å²) >= 11 is 2.29. The van der Waals surface area contributed by atoms with Gasteiger partial charge in [-0.2, -0.15) is 0 Å². The first kappa shape index (κ1) is 10.6. The van der Waals surface area contributed by atoms with Crippen LogP contribution < -0.4 is 0 Å². The Balaban J connectivity index is 2.47. The second kappa shape index (κ2) is 3.36. The van der Waals surface area contributed by atoms with Crippen LogP contribution >= 0.6 is 22.6 Å². The van der Waals surface area contributed by atoms with E-state index in [9.17, 15) is 8.78 Å². The third-order valence-electron chi connectivity index (χ3n) is 2.25. The highest BCUT2D eigenvalue weighted by Crippen LogP contribution is 2.33. The number of piperidine rings is 1. The number of likely N-dealkylation sites (tertiary alicyclic amines) is 1. The van der Waals surface area contributed by atoms with Crippen LogP contribution in [0.15, 0.2) is 0 Å². The van der Waals surface area contributed by atoms with Gasteiger partial charge in [0, 0.05) is 25.9 Å². The summed E-state index contributed by atoms with van der Waals surface area (Å²) in [6.07, 6.45) is 0.0267. The predicted molar refractivity (Wildman–Crippen MR) is 53.9 cm³/mol. The van der Waals surface area contributed by atoms with E-state index in [4.69, 9.17) is 0 Å². The molecule has 1 aliphatic heterocycles. The fourth-order valence-corrected chi connectivity index (χ4v) is 1.85. The van der Waals surface area contributed by atoms with E-state index in [1.807, 2.05) is 0 Å². The Bertz CT molecular complexity index is 155. The maximum atomic E-state index is 12.7. The topological polar surface area (TPSA) is 3.24 Å². The van der Waals surface area contributed by atoms with Crippen molar-refractivity contribution in [1.82, 2.24) is 4.90 Å². The van der Waals surface area contributed by atoms with Gasteiger partial charge in [-0.1, -0.05) is 22.6 Å². The lowest BCUT2D eigenvalue weighted by Gasteiger charge is -2.39. The molecule has 0 spiro atoms. The first-order chi connectivity index (χ1) is 5.31. The zero-order chi connectivity index (χ0) is 9.41. The molecule has 0 saturated carbocycles. The van der Waals surface area contributed by atoms with Crippen LogP contribution in [0.1, 0.15) is 26.7 Å². The number of halogens is 3. The lowest BCUT2D eigenvalue weighted by Crippen LogP contribution is -2.47. The van der Waals surface area contributed by atoms with Crippen molar-refractivity contribution in [3.05, 3.63) is 0 Å². The Morgan fingerprint density at radius 2 is 1.67 bits per heavy atom. The number of rotatable bonds is 1. The highest BCUT2D eigenvalue weighted by atomic mass is 127. The Kier molecular flexibility index (Phi) is 2.98. The standard InChI is InChI=1S/C8H14F2IN/c1-7(2,11)12-5-3-8(9,10)4-6-12/h3-6H2,1-2H3. The summed E-state index contributed by atoms with van der Waals surface area (Å²) in [5, 5.41) is 0. The van der Waals surface area contributed by atoms with Crippen molar-refractivity contribution in [1.29, 1.82) is 0 Å². The average Bonchev–Trinajstić information content (AvgIpc) is 1.83. The van der Waals surface area contributed by atoms with Crippen LogP contribution in [0.3, 0.4) is 0 Å². The summed E-state index contributed by atoms with van der Waals surface area (Å²) in [6.45, 7) is 5.14. The highest BCUT2D eigenvalue weighted by molar-refractivity contribution is 14.1. The Morgan fingerprint density at radius 3 is 2.00 bits per heavy atom. The molecule has 0 amide bonds. The zero-order valence-corrected chi connectivity index (χ0v) is 9.57. The highest BCUT2D eigenvalue weighted by Gasteiger charge is 2.37. The third-order valence-corrected chi connectivity index (χ3v) is 2.93. The van der Waals surface area contributed by atoms with Crippen molar-refractivity contribution in [3.8, 4) is 0 Å². The molecule has 1 saturated heterocycles. The van der Waals surface area contributed by atoms with Gasteiger partial charge in [-0.25, -0.2) is 8.78 Å². The molecule has 1 nitrogen and oxygen atoms in total. The van der Waals surface area contributed by atoms with Crippen molar-refractivity contribution < 1.29 is 8.78 Å². The summed E-state index contributed by atoms with van der Waals surface area (Å²) in [7, 11) is 0. The van der Waals surface area contributed by atoms with E-state index in [2.05, 4.69) is 41.3 Å².